The quantitative estimate of drug-likeness (QED) is 0.662. The molecule has 0 bridgehead atoms. The molecule has 0 radical (unpaired) electrons. The first-order valence-corrected chi connectivity index (χ1v) is 5.96. The fourth-order valence-corrected chi connectivity index (χ4v) is 2.27. The number of hydrogen-bond acceptors (Lipinski definition) is 4. The highest BCUT2D eigenvalue weighted by molar-refractivity contribution is 5.77. The number of amides is 1. The number of primary amides is 1. The van der Waals surface area contributed by atoms with Crippen LogP contribution in [0.25, 0.3) is 0 Å². The van der Waals surface area contributed by atoms with E-state index in [0.717, 1.165) is 6.07 Å². The van der Waals surface area contributed by atoms with Crippen molar-refractivity contribution in [2.75, 3.05) is 18.0 Å². The van der Waals surface area contributed by atoms with Crippen molar-refractivity contribution in [1.29, 1.82) is 0 Å². The number of nitrogens with two attached hydrogens (primary N) is 1. The summed E-state index contributed by atoms with van der Waals surface area (Å²) in [6.07, 6.45) is 1.17. The van der Waals surface area contributed by atoms with Crippen LogP contribution in [-0.4, -0.2) is 23.9 Å². The number of rotatable bonds is 3. The van der Waals surface area contributed by atoms with Crippen LogP contribution in [0.2, 0.25) is 0 Å². The second-order valence-corrected chi connectivity index (χ2v) is 4.59. The number of anilines is 1. The molecule has 19 heavy (non-hydrogen) atoms. The number of halogens is 1. The van der Waals surface area contributed by atoms with E-state index >= 15 is 0 Å². The van der Waals surface area contributed by atoms with Gasteiger partial charge in [-0.1, -0.05) is 0 Å². The molecule has 6 nitrogen and oxygen atoms in total. The molecule has 1 aliphatic rings. The van der Waals surface area contributed by atoms with E-state index in [1.165, 1.54) is 12.1 Å². The summed E-state index contributed by atoms with van der Waals surface area (Å²) in [5.41, 5.74) is 5.43. The van der Waals surface area contributed by atoms with E-state index in [9.17, 15) is 19.3 Å². The molecular formula is C12H14FN3O3. The predicted octanol–water partition coefficient (Wildman–Crippen LogP) is 1.44. The Hall–Kier alpha value is -2.18. The molecule has 0 spiro atoms. The van der Waals surface area contributed by atoms with Crippen LogP contribution in [0, 0.1) is 21.8 Å². The Labute approximate surface area is 109 Å². The first-order valence-electron chi connectivity index (χ1n) is 5.96. The average Bonchev–Trinajstić information content (AvgIpc) is 2.38. The lowest BCUT2D eigenvalue weighted by molar-refractivity contribution is -0.385. The third kappa shape index (κ3) is 2.98. The maximum atomic E-state index is 13.3. The number of carbonyl (C=O) groups is 1. The minimum Gasteiger partial charge on any atom is -0.371 e. The van der Waals surface area contributed by atoms with Crippen LogP contribution in [0.3, 0.4) is 0 Å². The van der Waals surface area contributed by atoms with E-state index in [0.29, 0.717) is 31.6 Å². The Bertz CT molecular complexity index is 513. The van der Waals surface area contributed by atoms with Crippen molar-refractivity contribution in [3.63, 3.8) is 0 Å². The van der Waals surface area contributed by atoms with Crippen molar-refractivity contribution in [1.82, 2.24) is 0 Å². The van der Waals surface area contributed by atoms with Gasteiger partial charge in [-0.3, -0.25) is 14.9 Å². The van der Waals surface area contributed by atoms with Crippen LogP contribution >= 0.6 is 0 Å². The molecule has 1 amide bonds. The van der Waals surface area contributed by atoms with Crippen molar-refractivity contribution in [2.24, 2.45) is 11.7 Å². The first kappa shape index (κ1) is 13.3. The second-order valence-electron chi connectivity index (χ2n) is 4.59. The zero-order chi connectivity index (χ0) is 14.0. The fourth-order valence-electron chi connectivity index (χ4n) is 2.27. The second kappa shape index (κ2) is 5.21. The Morgan fingerprint density at radius 1 is 1.37 bits per heavy atom. The van der Waals surface area contributed by atoms with Crippen LogP contribution in [-0.2, 0) is 4.79 Å². The smallest absolute Gasteiger partial charge is 0.274 e. The molecule has 0 aromatic heterocycles. The highest BCUT2D eigenvalue weighted by atomic mass is 19.1. The van der Waals surface area contributed by atoms with E-state index in [-0.39, 0.29) is 17.5 Å². The van der Waals surface area contributed by atoms with Gasteiger partial charge in [0.15, 0.2) is 0 Å². The fraction of sp³-hybridized carbons (Fsp3) is 0.417. The molecule has 1 fully saturated rings. The summed E-state index contributed by atoms with van der Waals surface area (Å²) in [4.78, 5) is 22.9. The van der Waals surface area contributed by atoms with Crippen LogP contribution in [0.1, 0.15) is 12.8 Å². The number of benzene rings is 1. The van der Waals surface area contributed by atoms with Crippen molar-refractivity contribution in [2.45, 2.75) is 12.8 Å². The van der Waals surface area contributed by atoms with Gasteiger partial charge in [-0.2, -0.15) is 0 Å². The van der Waals surface area contributed by atoms with Crippen LogP contribution in [0.5, 0.6) is 0 Å². The number of hydrogen-bond donors (Lipinski definition) is 1. The van der Waals surface area contributed by atoms with Gasteiger partial charge in [0.25, 0.3) is 5.69 Å². The molecule has 0 saturated carbocycles. The molecule has 1 aromatic rings. The third-order valence-corrected chi connectivity index (χ3v) is 3.34. The number of nitrogens with zero attached hydrogens (tertiary/aromatic N) is 2. The van der Waals surface area contributed by atoms with Crippen molar-refractivity contribution in [3.8, 4) is 0 Å². The summed E-state index contributed by atoms with van der Waals surface area (Å²) in [5, 5.41) is 10.7. The molecule has 0 atom stereocenters. The van der Waals surface area contributed by atoms with E-state index in [1.807, 2.05) is 4.90 Å². The molecule has 2 N–H and O–H groups in total. The molecule has 0 unspecified atom stereocenters. The highest BCUT2D eigenvalue weighted by Gasteiger charge is 2.24. The van der Waals surface area contributed by atoms with Gasteiger partial charge in [0.2, 0.25) is 5.91 Å². The minimum atomic E-state index is -0.638. The highest BCUT2D eigenvalue weighted by Crippen LogP contribution is 2.27. The number of nitro groups is 1. The largest absolute Gasteiger partial charge is 0.371 e. The minimum absolute atomic E-state index is 0.167. The van der Waals surface area contributed by atoms with E-state index in [1.54, 1.807) is 0 Å². The van der Waals surface area contributed by atoms with E-state index in [2.05, 4.69) is 0 Å². The molecular weight excluding hydrogens is 253 g/mol. The van der Waals surface area contributed by atoms with E-state index < -0.39 is 10.7 Å². The van der Waals surface area contributed by atoms with Crippen LogP contribution < -0.4 is 10.6 Å². The lowest BCUT2D eigenvalue weighted by Gasteiger charge is -2.32. The molecule has 2 rings (SSSR count). The lowest BCUT2D eigenvalue weighted by atomic mass is 9.96. The summed E-state index contributed by atoms with van der Waals surface area (Å²) in [5.74, 6) is -1.13. The maximum Gasteiger partial charge on any atom is 0.274 e. The lowest BCUT2D eigenvalue weighted by Crippen LogP contribution is -2.38. The molecule has 102 valence electrons. The zero-order valence-electron chi connectivity index (χ0n) is 10.2. The summed E-state index contributed by atoms with van der Waals surface area (Å²) < 4.78 is 13.3. The first-order chi connectivity index (χ1) is 8.97. The van der Waals surface area contributed by atoms with Crippen molar-refractivity contribution in [3.05, 3.63) is 34.1 Å². The maximum absolute atomic E-state index is 13.3. The van der Waals surface area contributed by atoms with E-state index in [4.69, 9.17) is 5.73 Å². The zero-order valence-corrected chi connectivity index (χ0v) is 10.2. The van der Waals surface area contributed by atoms with Gasteiger partial charge in [-0.05, 0) is 18.9 Å². The topological polar surface area (TPSA) is 89.5 Å². The Morgan fingerprint density at radius 3 is 2.53 bits per heavy atom. The van der Waals surface area contributed by atoms with Crippen molar-refractivity contribution < 1.29 is 14.1 Å². The molecule has 1 heterocycles. The van der Waals surface area contributed by atoms with Crippen molar-refractivity contribution >= 4 is 17.3 Å². The van der Waals surface area contributed by atoms with Gasteiger partial charge in [-0.25, -0.2) is 4.39 Å². The standard InChI is InChI=1S/C12H14FN3O3/c13-9-5-10(7-11(6-9)16(18)19)15-3-1-8(2-4-15)12(14)17/h5-8H,1-4H2,(H2,14,17). The van der Waals surface area contributed by atoms with Gasteiger partial charge >= 0.3 is 0 Å². The van der Waals surface area contributed by atoms with Gasteiger partial charge in [0.1, 0.15) is 5.82 Å². The predicted molar refractivity (Wildman–Crippen MR) is 67.2 cm³/mol. The number of carbonyl (C=O) groups excluding carboxylic acids is 1. The number of nitro benzene ring substituents is 1. The van der Waals surface area contributed by atoms with Gasteiger partial charge in [0, 0.05) is 30.8 Å². The molecule has 1 aromatic carbocycles. The number of non-ortho nitro benzene ring substituents is 1. The van der Waals surface area contributed by atoms with Gasteiger partial charge in [-0.15, -0.1) is 0 Å². The molecule has 1 saturated heterocycles. The summed E-state index contributed by atoms with van der Waals surface area (Å²) in [6.45, 7) is 1.07. The van der Waals surface area contributed by atoms with Gasteiger partial charge in [0.05, 0.1) is 11.0 Å². The summed E-state index contributed by atoms with van der Waals surface area (Å²) in [6, 6.07) is 3.49. The monoisotopic (exact) mass is 267 g/mol. The summed E-state index contributed by atoms with van der Waals surface area (Å²) >= 11 is 0. The molecule has 1 aliphatic heterocycles. The van der Waals surface area contributed by atoms with Crippen LogP contribution in [0.4, 0.5) is 15.8 Å². The normalized spacial score (nSPS) is 16.4. The summed E-state index contributed by atoms with van der Waals surface area (Å²) in [7, 11) is 0. The Balaban J connectivity index is 2.15. The van der Waals surface area contributed by atoms with Gasteiger partial charge < -0.3 is 10.6 Å². The number of piperidine rings is 1. The SMILES string of the molecule is NC(=O)C1CCN(c2cc(F)cc([N+](=O)[O-])c2)CC1. The molecule has 7 heteroatoms. The molecule has 0 aliphatic carbocycles. The average molecular weight is 267 g/mol. The Morgan fingerprint density at radius 2 is 2.00 bits per heavy atom. The Kier molecular flexibility index (Phi) is 3.64. The third-order valence-electron chi connectivity index (χ3n) is 3.34. The van der Waals surface area contributed by atoms with Crippen LogP contribution in [0.15, 0.2) is 18.2 Å².